The third-order valence-electron chi connectivity index (χ3n) is 8.73. The fraction of sp³-hybridized carbons (Fsp3) is 0.536. The summed E-state index contributed by atoms with van der Waals surface area (Å²) < 4.78 is 2.69. The summed E-state index contributed by atoms with van der Waals surface area (Å²) in [6, 6.07) is 1.70. The third-order valence-corrected chi connectivity index (χ3v) is 8.73. The van der Waals surface area contributed by atoms with Gasteiger partial charge < -0.3 is 30.4 Å². The molecular formula is C28H35N7O6. The molecule has 4 amide bonds. The zero-order valence-electron chi connectivity index (χ0n) is 23.1. The summed E-state index contributed by atoms with van der Waals surface area (Å²) in [7, 11) is 2.92. The van der Waals surface area contributed by atoms with Gasteiger partial charge in [-0.3, -0.25) is 28.8 Å². The van der Waals surface area contributed by atoms with E-state index >= 15 is 0 Å². The van der Waals surface area contributed by atoms with Gasteiger partial charge in [-0.25, -0.2) is 4.98 Å². The van der Waals surface area contributed by atoms with Crippen LogP contribution in [0.15, 0.2) is 35.6 Å². The highest BCUT2D eigenvalue weighted by atomic mass is 16.2. The van der Waals surface area contributed by atoms with Gasteiger partial charge in [-0.05, 0) is 68.4 Å². The first-order valence-corrected chi connectivity index (χ1v) is 13.9. The number of Topliss-reactive ketones (excluding diaryl/α,β-unsaturated/α-hetero) is 1. The summed E-state index contributed by atoms with van der Waals surface area (Å²) >= 11 is 0. The SMILES string of the molecule is CNC(=O)C(=O)CC[C@H](NC(=O)c1cncn1C)C(=O)Nc1cccn(CC(=O)NC23CC4CC(C2)C(C4)C3)c1=O. The van der Waals surface area contributed by atoms with E-state index in [1.54, 1.807) is 13.1 Å². The molecule has 0 spiro atoms. The molecule has 4 N–H and O–H groups in total. The van der Waals surface area contributed by atoms with Crippen LogP contribution in [0.3, 0.4) is 0 Å². The molecule has 13 heteroatoms. The number of anilines is 1. The summed E-state index contributed by atoms with van der Waals surface area (Å²) in [5.74, 6) is -1.13. The first-order valence-electron chi connectivity index (χ1n) is 13.9. The Bertz CT molecular complexity index is 1430. The molecule has 4 aliphatic carbocycles. The van der Waals surface area contributed by atoms with E-state index in [-0.39, 0.29) is 42.2 Å². The summed E-state index contributed by atoms with van der Waals surface area (Å²) in [6.45, 7) is -0.189. The van der Waals surface area contributed by atoms with Crippen LogP contribution in [-0.4, -0.2) is 62.2 Å². The molecule has 4 fully saturated rings. The van der Waals surface area contributed by atoms with E-state index in [0.717, 1.165) is 19.3 Å². The Morgan fingerprint density at radius 1 is 1.12 bits per heavy atom. The quantitative estimate of drug-likeness (QED) is 0.280. The third kappa shape index (κ3) is 5.93. The van der Waals surface area contributed by atoms with E-state index in [0.29, 0.717) is 17.8 Å². The van der Waals surface area contributed by atoms with Crippen molar-refractivity contribution in [2.24, 2.45) is 24.8 Å². The Kier molecular flexibility index (Phi) is 7.78. The Labute approximate surface area is 236 Å². The van der Waals surface area contributed by atoms with E-state index in [1.807, 2.05) is 0 Å². The summed E-state index contributed by atoms with van der Waals surface area (Å²) in [6.07, 6.45) is 9.23. The Balaban J connectivity index is 1.26. The van der Waals surface area contributed by atoms with Crippen molar-refractivity contribution in [2.45, 2.75) is 63.1 Å². The van der Waals surface area contributed by atoms with Crippen molar-refractivity contribution in [3.8, 4) is 0 Å². The number of hydrogen-bond acceptors (Lipinski definition) is 7. The second-order valence-corrected chi connectivity index (χ2v) is 11.6. The molecule has 4 aliphatic rings. The van der Waals surface area contributed by atoms with Gasteiger partial charge in [0.05, 0.1) is 12.5 Å². The number of pyridine rings is 1. The first-order chi connectivity index (χ1) is 19.6. The normalized spacial score (nSPS) is 24.5. The highest BCUT2D eigenvalue weighted by Gasteiger charge is 2.56. The molecule has 3 atom stereocenters. The Morgan fingerprint density at radius 2 is 1.85 bits per heavy atom. The summed E-state index contributed by atoms with van der Waals surface area (Å²) in [5.41, 5.74) is -0.658. The number of nitrogens with zero attached hydrogens (tertiary/aromatic N) is 3. The number of ketones is 1. The molecule has 0 radical (unpaired) electrons. The molecular weight excluding hydrogens is 530 g/mol. The van der Waals surface area contributed by atoms with Gasteiger partial charge in [0.2, 0.25) is 17.6 Å². The van der Waals surface area contributed by atoms with Crippen molar-refractivity contribution < 1.29 is 24.0 Å². The number of carbonyl (C=O) groups excluding carboxylic acids is 5. The highest BCUT2D eigenvalue weighted by molar-refractivity contribution is 6.36. The molecule has 0 aliphatic heterocycles. The van der Waals surface area contributed by atoms with Gasteiger partial charge in [-0.15, -0.1) is 0 Å². The van der Waals surface area contributed by atoms with Crippen molar-refractivity contribution >= 4 is 35.1 Å². The van der Waals surface area contributed by atoms with E-state index in [1.165, 1.54) is 53.8 Å². The van der Waals surface area contributed by atoms with Crippen LogP contribution in [0.5, 0.6) is 0 Å². The number of carbonyl (C=O) groups is 5. The maximum Gasteiger partial charge on any atom is 0.287 e. The number of aryl methyl sites for hydroxylation is 1. The Morgan fingerprint density at radius 3 is 2.49 bits per heavy atom. The predicted molar refractivity (Wildman–Crippen MR) is 147 cm³/mol. The van der Waals surface area contributed by atoms with Crippen LogP contribution < -0.4 is 26.8 Å². The summed E-state index contributed by atoms with van der Waals surface area (Å²) in [5, 5.41) is 10.5. The van der Waals surface area contributed by atoms with E-state index in [9.17, 15) is 28.8 Å². The van der Waals surface area contributed by atoms with Gasteiger partial charge in [0.15, 0.2) is 0 Å². The van der Waals surface area contributed by atoms with Crippen LogP contribution in [0.25, 0.3) is 0 Å². The molecule has 6 rings (SSSR count). The van der Waals surface area contributed by atoms with Gasteiger partial charge in [-0.1, -0.05) is 0 Å². The molecule has 218 valence electrons. The molecule has 4 bridgehead atoms. The minimum atomic E-state index is -1.24. The molecule has 2 heterocycles. The number of amides is 4. The minimum absolute atomic E-state index is 0.0827. The largest absolute Gasteiger partial charge is 0.353 e. The average molecular weight is 566 g/mol. The van der Waals surface area contributed by atoms with Crippen LogP contribution in [0.2, 0.25) is 0 Å². The van der Waals surface area contributed by atoms with Crippen LogP contribution in [0, 0.1) is 17.8 Å². The predicted octanol–water partition coefficient (Wildman–Crippen LogP) is 0.109. The molecule has 0 saturated heterocycles. The van der Waals surface area contributed by atoms with Gasteiger partial charge in [0.25, 0.3) is 17.4 Å². The molecule has 41 heavy (non-hydrogen) atoms. The van der Waals surface area contributed by atoms with Gasteiger partial charge in [0.1, 0.15) is 24.0 Å². The average Bonchev–Trinajstić information content (AvgIpc) is 3.56. The van der Waals surface area contributed by atoms with Gasteiger partial charge >= 0.3 is 0 Å². The minimum Gasteiger partial charge on any atom is -0.353 e. The molecule has 2 unspecified atom stereocenters. The van der Waals surface area contributed by atoms with Crippen molar-refractivity contribution in [3.05, 3.63) is 46.9 Å². The lowest BCUT2D eigenvalue weighted by Crippen LogP contribution is -2.51. The van der Waals surface area contributed by atoms with Crippen molar-refractivity contribution in [3.63, 3.8) is 0 Å². The maximum absolute atomic E-state index is 13.2. The summed E-state index contributed by atoms with van der Waals surface area (Å²) in [4.78, 5) is 79.8. The zero-order valence-corrected chi connectivity index (χ0v) is 23.1. The van der Waals surface area contributed by atoms with Crippen molar-refractivity contribution in [1.82, 2.24) is 30.1 Å². The fourth-order valence-electron chi connectivity index (χ4n) is 7.04. The van der Waals surface area contributed by atoms with Crippen molar-refractivity contribution in [1.29, 1.82) is 0 Å². The number of rotatable bonds is 11. The van der Waals surface area contributed by atoms with E-state index < -0.39 is 35.1 Å². The molecule has 0 aromatic carbocycles. The number of imidazole rings is 1. The van der Waals surface area contributed by atoms with E-state index in [2.05, 4.69) is 26.3 Å². The maximum atomic E-state index is 13.2. The lowest BCUT2D eigenvalue weighted by Gasteiger charge is -2.39. The van der Waals surface area contributed by atoms with Gasteiger partial charge in [0, 0.05) is 32.3 Å². The van der Waals surface area contributed by atoms with Crippen LogP contribution >= 0.6 is 0 Å². The standard InChI is InChI=1S/C28H35N7O6/c1-29-26(40)22(36)6-5-19(31-25(39)21-13-30-15-34(21)2)24(38)32-20-4-3-7-35(27(20)41)14-23(37)33-28-10-16-8-17(11-28)18(9-16)12-28/h3-4,7,13,15-19H,5-6,8-12,14H2,1-2H3,(H,29,40)(H,31,39)(H,32,38)(H,33,37)/t16?,17?,18?,19-,28?/m0/s1. The lowest BCUT2D eigenvalue weighted by atomic mass is 9.76. The zero-order chi connectivity index (χ0) is 29.3. The first kappa shape index (κ1) is 28.2. The van der Waals surface area contributed by atoms with Gasteiger partial charge in [-0.2, -0.15) is 0 Å². The van der Waals surface area contributed by atoms with Crippen LogP contribution in [0.4, 0.5) is 5.69 Å². The fourth-order valence-corrected chi connectivity index (χ4v) is 7.04. The highest BCUT2D eigenvalue weighted by Crippen LogP contribution is 2.59. The molecule has 13 nitrogen and oxygen atoms in total. The molecule has 2 aromatic rings. The monoisotopic (exact) mass is 565 g/mol. The lowest BCUT2D eigenvalue weighted by molar-refractivity contribution is -0.137. The van der Waals surface area contributed by atoms with Crippen LogP contribution in [-0.2, 0) is 32.8 Å². The number of nitrogens with one attached hydrogen (secondary N) is 4. The Hall–Kier alpha value is -4.29. The smallest absolute Gasteiger partial charge is 0.287 e. The van der Waals surface area contributed by atoms with Crippen molar-refractivity contribution in [2.75, 3.05) is 12.4 Å². The molecule has 2 aromatic heterocycles. The molecule has 4 saturated carbocycles. The number of aromatic nitrogens is 3. The number of likely N-dealkylation sites (N-methyl/N-ethyl adjacent to an activating group) is 1. The van der Waals surface area contributed by atoms with Crippen LogP contribution in [0.1, 0.15) is 55.4 Å². The second-order valence-electron chi connectivity index (χ2n) is 11.6. The number of hydrogen-bond donors (Lipinski definition) is 4. The second kappa shape index (κ2) is 11.3. The van der Waals surface area contributed by atoms with E-state index in [4.69, 9.17) is 0 Å². The topological polar surface area (TPSA) is 173 Å².